The predicted molar refractivity (Wildman–Crippen MR) is 113 cm³/mol. The van der Waals surface area contributed by atoms with Gasteiger partial charge in [-0.05, 0) is 42.8 Å². The fourth-order valence-electron chi connectivity index (χ4n) is 2.42. The molecule has 7 nitrogen and oxygen atoms in total. The van der Waals surface area contributed by atoms with Crippen LogP contribution in [0.2, 0.25) is 0 Å². The Hall–Kier alpha value is -2.84. The monoisotopic (exact) mass is 418 g/mol. The first-order chi connectivity index (χ1) is 13.9. The number of unbranched alkanes of at least 4 members (excludes halogenated alkanes) is 1. The standard InChI is InChI=1S/C21H26N2O5S/c1-4-6-14-28-20-12-9-17(27-3)15-19(20)23-21(24)16-7-10-18(11-8-16)29(25,26)22-13-5-2/h5,7-12,15,22H,2,4,6,13-14H2,1,3H3,(H,23,24). The number of hydrogen-bond acceptors (Lipinski definition) is 5. The van der Waals surface area contributed by atoms with Gasteiger partial charge < -0.3 is 14.8 Å². The number of carbonyl (C=O) groups excluding carboxylic acids is 1. The topological polar surface area (TPSA) is 93.7 Å². The lowest BCUT2D eigenvalue weighted by Gasteiger charge is -2.14. The quantitative estimate of drug-likeness (QED) is 0.430. The van der Waals surface area contributed by atoms with E-state index in [2.05, 4.69) is 23.5 Å². The van der Waals surface area contributed by atoms with E-state index in [-0.39, 0.29) is 17.3 Å². The SMILES string of the molecule is C=CCNS(=O)(=O)c1ccc(C(=O)Nc2cc(OC)ccc2OCCCC)cc1. The van der Waals surface area contributed by atoms with Crippen molar-refractivity contribution in [2.24, 2.45) is 0 Å². The molecule has 0 atom stereocenters. The van der Waals surface area contributed by atoms with Gasteiger partial charge in [0.25, 0.3) is 5.91 Å². The summed E-state index contributed by atoms with van der Waals surface area (Å²) in [6.45, 7) is 6.21. The number of methoxy groups -OCH3 is 1. The molecule has 0 aliphatic rings. The molecule has 0 saturated heterocycles. The number of benzene rings is 2. The van der Waals surface area contributed by atoms with Crippen LogP contribution in [0.4, 0.5) is 5.69 Å². The van der Waals surface area contributed by atoms with Gasteiger partial charge in [-0.1, -0.05) is 19.4 Å². The summed E-state index contributed by atoms with van der Waals surface area (Å²) in [5, 5.41) is 2.80. The highest BCUT2D eigenvalue weighted by molar-refractivity contribution is 7.89. The zero-order valence-electron chi connectivity index (χ0n) is 16.6. The minimum absolute atomic E-state index is 0.0702. The molecule has 2 rings (SSSR count). The summed E-state index contributed by atoms with van der Waals surface area (Å²) in [6.07, 6.45) is 3.34. The number of amides is 1. The van der Waals surface area contributed by atoms with Crippen molar-refractivity contribution in [3.05, 3.63) is 60.7 Å². The molecule has 0 saturated carbocycles. The van der Waals surface area contributed by atoms with Gasteiger partial charge in [-0.2, -0.15) is 0 Å². The molecule has 0 radical (unpaired) electrons. The lowest BCUT2D eigenvalue weighted by atomic mass is 10.2. The molecular formula is C21H26N2O5S. The number of ether oxygens (including phenoxy) is 2. The zero-order valence-corrected chi connectivity index (χ0v) is 17.4. The van der Waals surface area contributed by atoms with Crippen LogP contribution in [0.3, 0.4) is 0 Å². The predicted octanol–water partition coefficient (Wildman–Crippen LogP) is 3.59. The molecule has 0 aliphatic heterocycles. The van der Waals surface area contributed by atoms with Crippen LogP contribution in [-0.2, 0) is 10.0 Å². The molecule has 2 N–H and O–H groups in total. The molecule has 2 aromatic rings. The van der Waals surface area contributed by atoms with Gasteiger partial charge in [0.15, 0.2) is 0 Å². The van der Waals surface area contributed by atoms with Gasteiger partial charge in [-0.15, -0.1) is 6.58 Å². The second-order valence-corrected chi connectivity index (χ2v) is 7.95. The summed E-state index contributed by atoms with van der Waals surface area (Å²) in [5.41, 5.74) is 0.796. The molecule has 1 amide bonds. The van der Waals surface area contributed by atoms with E-state index in [1.54, 1.807) is 18.2 Å². The average molecular weight is 419 g/mol. The van der Waals surface area contributed by atoms with Crippen LogP contribution in [0.15, 0.2) is 60.0 Å². The molecule has 0 unspecified atom stereocenters. The zero-order chi connectivity index (χ0) is 21.3. The highest BCUT2D eigenvalue weighted by Crippen LogP contribution is 2.30. The van der Waals surface area contributed by atoms with Gasteiger partial charge in [0, 0.05) is 18.2 Å². The first-order valence-corrected chi connectivity index (χ1v) is 10.7. The second kappa shape index (κ2) is 10.6. The Bertz CT molecular complexity index is 940. The Morgan fingerprint density at radius 3 is 2.52 bits per heavy atom. The minimum Gasteiger partial charge on any atom is -0.497 e. The molecule has 29 heavy (non-hydrogen) atoms. The Balaban J connectivity index is 2.18. The molecule has 0 spiro atoms. The summed E-state index contributed by atoms with van der Waals surface area (Å²) in [5.74, 6) is 0.736. The second-order valence-electron chi connectivity index (χ2n) is 6.18. The van der Waals surface area contributed by atoms with Crippen LogP contribution in [0.25, 0.3) is 0 Å². The van der Waals surface area contributed by atoms with Crippen LogP contribution >= 0.6 is 0 Å². The van der Waals surface area contributed by atoms with Crippen LogP contribution in [0, 0.1) is 0 Å². The largest absolute Gasteiger partial charge is 0.497 e. The van der Waals surface area contributed by atoms with Crippen LogP contribution < -0.4 is 19.5 Å². The first kappa shape index (κ1) is 22.4. The molecule has 0 fully saturated rings. The molecule has 0 aliphatic carbocycles. The van der Waals surface area contributed by atoms with E-state index in [1.807, 2.05) is 0 Å². The minimum atomic E-state index is -3.64. The van der Waals surface area contributed by atoms with Crippen LogP contribution in [-0.4, -0.2) is 34.6 Å². The number of sulfonamides is 1. The molecule has 156 valence electrons. The van der Waals surface area contributed by atoms with Crippen molar-refractivity contribution in [2.45, 2.75) is 24.7 Å². The lowest BCUT2D eigenvalue weighted by molar-refractivity contribution is 0.102. The number of carbonyl (C=O) groups is 1. The Kier molecular flexibility index (Phi) is 8.23. The molecule has 2 aromatic carbocycles. The number of anilines is 1. The van der Waals surface area contributed by atoms with E-state index >= 15 is 0 Å². The third-order valence-corrected chi connectivity index (χ3v) is 5.47. The third kappa shape index (κ3) is 6.33. The van der Waals surface area contributed by atoms with Gasteiger partial charge in [0.1, 0.15) is 11.5 Å². The van der Waals surface area contributed by atoms with Crippen molar-refractivity contribution in [1.29, 1.82) is 0 Å². The summed E-state index contributed by atoms with van der Waals surface area (Å²) >= 11 is 0. The normalized spacial score (nSPS) is 11.0. The van der Waals surface area contributed by atoms with Gasteiger partial charge >= 0.3 is 0 Å². The summed E-state index contributed by atoms with van der Waals surface area (Å²) in [4.78, 5) is 12.7. The van der Waals surface area contributed by atoms with Gasteiger partial charge in [0.2, 0.25) is 10.0 Å². The Morgan fingerprint density at radius 2 is 1.90 bits per heavy atom. The maximum absolute atomic E-state index is 12.6. The summed E-state index contributed by atoms with van der Waals surface area (Å²) in [6, 6.07) is 10.8. The van der Waals surface area contributed by atoms with Gasteiger partial charge in [-0.3, -0.25) is 4.79 Å². The molecule has 8 heteroatoms. The van der Waals surface area contributed by atoms with Crippen LogP contribution in [0.5, 0.6) is 11.5 Å². The fraction of sp³-hybridized carbons (Fsp3) is 0.286. The van der Waals surface area contributed by atoms with Crippen molar-refractivity contribution in [1.82, 2.24) is 4.72 Å². The van der Waals surface area contributed by atoms with Crippen LogP contribution in [0.1, 0.15) is 30.1 Å². The molecule has 0 aromatic heterocycles. The molecular weight excluding hydrogens is 392 g/mol. The number of nitrogens with one attached hydrogen (secondary N) is 2. The van der Waals surface area contributed by atoms with Crippen molar-refractivity contribution in [3.8, 4) is 11.5 Å². The fourth-order valence-corrected chi connectivity index (χ4v) is 3.42. The number of rotatable bonds is 11. The van der Waals surface area contributed by atoms with Gasteiger partial charge in [-0.25, -0.2) is 13.1 Å². The highest BCUT2D eigenvalue weighted by Gasteiger charge is 2.15. The summed E-state index contributed by atoms with van der Waals surface area (Å²) in [7, 11) is -2.10. The maximum atomic E-state index is 12.6. The smallest absolute Gasteiger partial charge is 0.255 e. The van der Waals surface area contributed by atoms with E-state index in [1.165, 1.54) is 37.5 Å². The highest BCUT2D eigenvalue weighted by atomic mass is 32.2. The lowest BCUT2D eigenvalue weighted by Crippen LogP contribution is -2.23. The Labute approximate surface area is 171 Å². The molecule has 0 bridgehead atoms. The number of hydrogen-bond donors (Lipinski definition) is 2. The molecule has 0 heterocycles. The van der Waals surface area contributed by atoms with E-state index in [9.17, 15) is 13.2 Å². The third-order valence-electron chi connectivity index (χ3n) is 4.03. The van der Waals surface area contributed by atoms with Crippen molar-refractivity contribution in [2.75, 3.05) is 25.6 Å². The van der Waals surface area contributed by atoms with E-state index in [0.717, 1.165) is 12.8 Å². The van der Waals surface area contributed by atoms with E-state index in [4.69, 9.17) is 9.47 Å². The van der Waals surface area contributed by atoms with E-state index in [0.29, 0.717) is 29.4 Å². The maximum Gasteiger partial charge on any atom is 0.255 e. The van der Waals surface area contributed by atoms with E-state index < -0.39 is 10.0 Å². The first-order valence-electron chi connectivity index (χ1n) is 9.24. The summed E-state index contributed by atoms with van der Waals surface area (Å²) < 4.78 is 37.6. The Morgan fingerprint density at radius 1 is 1.17 bits per heavy atom. The van der Waals surface area contributed by atoms with Crippen molar-refractivity contribution in [3.63, 3.8) is 0 Å². The van der Waals surface area contributed by atoms with Gasteiger partial charge in [0.05, 0.1) is 24.3 Å². The average Bonchev–Trinajstić information content (AvgIpc) is 2.73. The van der Waals surface area contributed by atoms with Crippen molar-refractivity contribution >= 4 is 21.6 Å². The van der Waals surface area contributed by atoms with Crippen molar-refractivity contribution < 1.29 is 22.7 Å².